The maximum absolute atomic E-state index is 12.1. The zero-order valence-corrected chi connectivity index (χ0v) is 15.4. The van der Waals surface area contributed by atoms with Crippen LogP contribution in [0.1, 0.15) is 26.2 Å². The first-order valence-corrected chi connectivity index (χ1v) is 9.56. The molecular formula is C13H19Br2NO3S. The fourth-order valence-corrected chi connectivity index (χ4v) is 4.32. The third-order valence-corrected chi connectivity index (χ3v) is 5.51. The summed E-state index contributed by atoms with van der Waals surface area (Å²) in [6.07, 6.45) is 2.80. The van der Waals surface area contributed by atoms with Crippen LogP contribution in [0.5, 0.6) is 0 Å². The summed E-state index contributed by atoms with van der Waals surface area (Å²) < 4.78 is 33.5. The molecule has 0 radical (unpaired) electrons. The highest BCUT2D eigenvalue weighted by atomic mass is 79.9. The van der Waals surface area contributed by atoms with E-state index < -0.39 is 10.0 Å². The van der Waals surface area contributed by atoms with Gasteiger partial charge in [0.25, 0.3) is 0 Å². The van der Waals surface area contributed by atoms with Crippen molar-refractivity contribution in [3.63, 3.8) is 0 Å². The van der Waals surface area contributed by atoms with Crippen LogP contribution in [-0.2, 0) is 14.8 Å². The SMILES string of the molecule is CCCCOCCCNS(=O)(=O)c1ccc(Br)cc1Br. The second-order valence-electron chi connectivity index (χ2n) is 4.29. The molecule has 0 unspecified atom stereocenters. The van der Waals surface area contributed by atoms with Crippen LogP contribution in [0.25, 0.3) is 0 Å². The highest BCUT2D eigenvalue weighted by molar-refractivity contribution is 9.11. The summed E-state index contributed by atoms with van der Waals surface area (Å²) in [5, 5.41) is 0. The maximum Gasteiger partial charge on any atom is 0.241 e. The van der Waals surface area contributed by atoms with Gasteiger partial charge in [-0.2, -0.15) is 0 Å². The van der Waals surface area contributed by atoms with Gasteiger partial charge in [0, 0.05) is 28.7 Å². The van der Waals surface area contributed by atoms with Crippen molar-refractivity contribution in [1.29, 1.82) is 0 Å². The molecular weight excluding hydrogens is 410 g/mol. The number of halogens is 2. The molecule has 20 heavy (non-hydrogen) atoms. The second kappa shape index (κ2) is 9.15. The first kappa shape index (κ1) is 18.1. The Kier molecular flexibility index (Phi) is 8.28. The van der Waals surface area contributed by atoms with E-state index in [1.54, 1.807) is 18.2 Å². The minimum atomic E-state index is -3.48. The van der Waals surface area contributed by atoms with Crippen LogP contribution in [0.3, 0.4) is 0 Å². The van der Waals surface area contributed by atoms with Gasteiger partial charge in [0.15, 0.2) is 0 Å². The summed E-state index contributed by atoms with van der Waals surface area (Å²) in [6.45, 7) is 3.79. The van der Waals surface area contributed by atoms with Crippen LogP contribution in [0.2, 0.25) is 0 Å². The molecule has 0 spiro atoms. The topological polar surface area (TPSA) is 55.4 Å². The van der Waals surface area contributed by atoms with Gasteiger partial charge in [-0.1, -0.05) is 29.3 Å². The summed E-state index contributed by atoms with van der Waals surface area (Å²) in [6, 6.07) is 4.98. The van der Waals surface area contributed by atoms with Crippen LogP contribution in [0, 0.1) is 0 Å². The molecule has 0 aliphatic rings. The largest absolute Gasteiger partial charge is 0.381 e. The van der Waals surface area contributed by atoms with Gasteiger partial charge in [-0.15, -0.1) is 0 Å². The first-order valence-electron chi connectivity index (χ1n) is 6.50. The van der Waals surface area contributed by atoms with E-state index in [0.29, 0.717) is 24.0 Å². The molecule has 0 aliphatic heterocycles. The number of unbranched alkanes of at least 4 members (excludes halogenated alkanes) is 1. The van der Waals surface area contributed by atoms with Crippen molar-refractivity contribution >= 4 is 41.9 Å². The lowest BCUT2D eigenvalue weighted by atomic mass is 10.4. The van der Waals surface area contributed by atoms with E-state index in [9.17, 15) is 8.42 Å². The molecule has 0 amide bonds. The van der Waals surface area contributed by atoms with Gasteiger partial charge in [-0.3, -0.25) is 0 Å². The van der Waals surface area contributed by atoms with Gasteiger partial charge >= 0.3 is 0 Å². The van der Waals surface area contributed by atoms with E-state index in [2.05, 4.69) is 43.5 Å². The Morgan fingerprint density at radius 1 is 1.20 bits per heavy atom. The lowest BCUT2D eigenvalue weighted by molar-refractivity contribution is 0.130. The molecule has 114 valence electrons. The third-order valence-electron chi connectivity index (χ3n) is 2.58. The summed E-state index contributed by atoms with van der Waals surface area (Å²) in [7, 11) is -3.48. The molecule has 0 atom stereocenters. The molecule has 7 heteroatoms. The fraction of sp³-hybridized carbons (Fsp3) is 0.538. The van der Waals surface area contributed by atoms with Crippen molar-refractivity contribution in [3.05, 3.63) is 27.1 Å². The third kappa shape index (κ3) is 6.22. The Balaban J connectivity index is 2.42. The lowest BCUT2D eigenvalue weighted by Gasteiger charge is -2.09. The monoisotopic (exact) mass is 427 g/mol. The second-order valence-corrected chi connectivity index (χ2v) is 7.80. The van der Waals surface area contributed by atoms with Crippen molar-refractivity contribution in [1.82, 2.24) is 4.72 Å². The molecule has 1 aromatic carbocycles. The Bertz CT molecular complexity index is 520. The standard InChI is InChI=1S/C13H19Br2NO3S/c1-2-3-8-19-9-4-7-16-20(17,18)13-6-5-11(14)10-12(13)15/h5-6,10,16H,2-4,7-9H2,1H3. The van der Waals surface area contributed by atoms with Gasteiger partial charge in [-0.25, -0.2) is 13.1 Å². The predicted molar refractivity (Wildman–Crippen MR) is 87.4 cm³/mol. The van der Waals surface area contributed by atoms with Crippen molar-refractivity contribution in [2.75, 3.05) is 19.8 Å². The van der Waals surface area contributed by atoms with Gasteiger partial charge in [0.1, 0.15) is 0 Å². The molecule has 0 saturated carbocycles. The molecule has 0 bridgehead atoms. The average molecular weight is 429 g/mol. The number of hydrogen-bond donors (Lipinski definition) is 1. The van der Waals surface area contributed by atoms with Crippen LogP contribution in [-0.4, -0.2) is 28.2 Å². The van der Waals surface area contributed by atoms with E-state index in [0.717, 1.165) is 23.9 Å². The van der Waals surface area contributed by atoms with Gasteiger partial charge < -0.3 is 4.74 Å². The Morgan fingerprint density at radius 2 is 1.90 bits per heavy atom. The number of benzene rings is 1. The smallest absolute Gasteiger partial charge is 0.241 e. The van der Waals surface area contributed by atoms with Crippen molar-refractivity contribution < 1.29 is 13.2 Å². The molecule has 0 heterocycles. The molecule has 1 aromatic rings. The first-order chi connectivity index (χ1) is 9.47. The van der Waals surface area contributed by atoms with Crippen molar-refractivity contribution in [2.45, 2.75) is 31.1 Å². The van der Waals surface area contributed by atoms with E-state index in [1.807, 2.05) is 0 Å². The van der Waals surface area contributed by atoms with Crippen molar-refractivity contribution in [3.8, 4) is 0 Å². The fourth-order valence-electron chi connectivity index (χ4n) is 1.50. The molecule has 1 N–H and O–H groups in total. The summed E-state index contributed by atoms with van der Waals surface area (Å²) in [5.74, 6) is 0. The average Bonchev–Trinajstić information content (AvgIpc) is 2.37. The number of sulfonamides is 1. The van der Waals surface area contributed by atoms with E-state index in [1.165, 1.54) is 0 Å². The lowest BCUT2D eigenvalue weighted by Crippen LogP contribution is -2.26. The molecule has 1 rings (SSSR count). The number of nitrogens with one attached hydrogen (secondary N) is 1. The van der Waals surface area contributed by atoms with Crippen LogP contribution in [0.15, 0.2) is 32.0 Å². The molecule has 4 nitrogen and oxygen atoms in total. The maximum atomic E-state index is 12.1. The van der Waals surface area contributed by atoms with E-state index in [4.69, 9.17) is 4.74 Å². The minimum Gasteiger partial charge on any atom is -0.381 e. The number of ether oxygens (including phenoxy) is 1. The predicted octanol–water partition coefficient (Wildman–Crippen LogP) is 3.70. The highest BCUT2D eigenvalue weighted by Gasteiger charge is 2.16. The summed E-state index contributed by atoms with van der Waals surface area (Å²) in [4.78, 5) is 0.243. The quantitative estimate of drug-likeness (QED) is 0.610. The Labute approximate surface area is 137 Å². The Hall–Kier alpha value is 0.0500. The van der Waals surface area contributed by atoms with Gasteiger partial charge in [0.05, 0.1) is 4.90 Å². The zero-order chi connectivity index (χ0) is 15.0. The molecule has 0 fully saturated rings. The molecule has 0 aliphatic carbocycles. The summed E-state index contributed by atoms with van der Waals surface area (Å²) >= 11 is 6.56. The van der Waals surface area contributed by atoms with E-state index in [-0.39, 0.29) is 4.90 Å². The molecule has 0 aromatic heterocycles. The highest BCUT2D eigenvalue weighted by Crippen LogP contribution is 2.25. The van der Waals surface area contributed by atoms with Crippen LogP contribution < -0.4 is 4.72 Å². The van der Waals surface area contributed by atoms with Gasteiger partial charge in [0.2, 0.25) is 10.0 Å². The zero-order valence-electron chi connectivity index (χ0n) is 11.4. The van der Waals surface area contributed by atoms with Crippen LogP contribution >= 0.6 is 31.9 Å². The summed E-state index contributed by atoms with van der Waals surface area (Å²) in [5.41, 5.74) is 0. The van der Waals surface area contributed by atoms with Gasteiger partial charge in [-0.05, 0) is 47.0 Å². The Morgan fingerprint density at radius 3 is 2.55 bits per heavy atom. The van der Waals surface area contributed by atoms with Crippen molar-refractivity contribution in [2.24, 2.45) is 0 Å². The molecule has 0 saturated heterocycles. The van der Waals surface area contributed by atoms with E-state index >= 15 is 0 Å². The minimum absolute atomic E-state index is 0.243. The number of hydrogen-bond acceptors (Lipinski definition) is 3. The number of rotatable bonds is 9. The van der Waals surface area contributed by atoms with Crippen LogP contribution in [0.4, 0.5) is 0 Å². The normalized spacial score (nSPS) is 11.8.